The summed E-state index contributed by atoms with van der Waals surface area (Å²) in [6.45, 7) is 0.962. The molecule has 3 heteroatoms. The minimum atomic E-state index is 0.802. The molecule has 2 aromatic rings. The van der Waals surface area contributed by atoms with E-state index in [1.54, 1.807) is 0 Å². The molecule has 1 heterocycles. The van der Waals surface area contributed by atoms with Gasteiger partial charge in [0.2, 0.25) is 0 Å². The summed E-state index contributed by atoms with van der Waals surface area (Å²) in [5.74, 6) is 4.11. The Kier molecular flexibility index (Phi) is 2.53. The van der Waals surface area contributed by atoms with E-state index in [1.165, 1.54) is 24.8 Å². The van der Waals surface area contributed by atoms with Gasteiger partial charge < -0.3 is 5.32 Å². The van der Waals surface area contributed by atoms with Crippen LogP contribution in [0.15, 0.2) is 42.7 Å². The van der Waals surface area contributed by atoms with Gasteiger partial charge in [-0.1, -0.05) is 18.2 Å². The molecule has 108 valence electrons. The minimum absolute atomic E-state index is 0.802. The summed E-state index contributed by atoms with van der Waals surface area (Å²) >= 11 is 0. The van der Waals surface area contributed by atoms with E-state index in [9.17, 15) is 0 Å². The van der Waals surface area contributed by atoms with Crippen molar-refractivity contribution in [1.29, 1.82) is 0 Å². The van der Waals surface area contributed by atoms with Crippen molar-refractivity contribution in [3.63, 3.8) is 0 Å². The molecule has 0 amide bonds. The lowest BCUT2D eigenvalue weighted by Gasteiger charge is -2.09. The second kappa shape index (κ2) is 4.44. The Balaban J connectivity index is 1.24. The zero-order valence-corrected chi connectivity index (χ0v) is 12.2. The quantitative estimate of drug-likeness (QED) is 0.932. The molecule has 2 bridgehead atoms. The molecule has 3 aliphatic rings. The molecule has 0 radical (unpaired) electrons. The van der Waals surface area contributed by atoms with Crippen LogP contribution in [0.4, 0.5) is 0 Å². The van der Waals surface area contributed by atoms with Gasteiger partial charge in [-0.05, 0) is 55.1 Å². The molecule has 4 unspecified atom stereocenters. The predicted molar refractivity (Wildman–Crippen MR) is 82.0 cm³/mol. The molecule has 5 rings (SSSR count). The second-order valence-corrected chi connectivity index (χ2v) is 7.02. The van der Waals surface area contributed by atoms with Crippen molar-refractivity contribution >= 4 is 0 Å². The monoisotopic (exact) mass is 279 g/mol. The molecular formula is C18H21N3. The van der Waals surface area contributed by atoms with Crippen molar-refractivity contribution in [1.82, 2.24) is 15.1 Å². The zero-order valence-electron chi connectivity index (χ0n) is 12.2. The van der Waals surface area contributed by atoms with Crippen molar-refractivity contribution in [2.24, 2.45) is 23.7 Å². The van der Waals surface area contributed by atoms with Crippen molar-refractivity contribution in [2.75, 3.05) is 0 Å². The number of fused-ring (bicyclic) bond motifs is 5. The highest BCUT2D eigenvalue weighted by Gasteiger charge is 2.64. The predicted octanol–water partition coefficient (Wildman–Crippen LogP) is 3.01. The van der Waals surface area contributed by atoms with Crippen LogP contribution in [-0.4, -0.2) is 15.8 Å². The van der Waals surface area contributed by atoms with E-state index < -0.39 is 0 Å². The van der Waals surface area contributed by atoms with E-state index in [2.05, 4.69) is 40.9 Å². The van der Waals surface area contributed by atoms with E-state index in [1.807, 2.05) is 16.9 Å². The molecule has 1 aromatic heterocycles. The third-order valence-electron chi connectivity index (χ3n) is 5.93. The lowest BCUT2D eigenvalue weighted by Crippen LogP contribution is -2.22. The lowest BCUT2D eigenvalue weighted by molar-refractivity contribution is 0.456. The second-order valence-electron chi connectivity index (χ2n) is 7.02. The fourth-order valence-electron chi connectivity index (χ4n) is 5.01. The number of benzene rings is 1. The molecule has 3 nitrogen and oxygen atoms in total. The molecule has 0 aliphatic heterocycles. The zero-order chi connectivity index (χ0) is 13.8. The molecule has 21 heavy (non-hydrogen) atoms. The van der Waals surface area contributed by atoms with Gasteiger partial charge in [0.1, 0.15) is 0 Å². The van der Waals surface area contributed by atoms with Crippen LogP contribution in [0.1, 0.15) is 24.8 Å². The molecule has 1 N–H and O–H groups in total. The van der Waals surface area contributed by atoms with E-state index in [0.29, 0.717) is 0 Å². The van der Waals surface area contributed by atoms with Gasteiger partial charge in [-0.3, -0.25) is 0 Å². The molecule has 0 spiro atoms. The van der Waals surface area contributed by atoms with Crippen molar-refractivity contribution in [3.05, 3.63) is 48.3 Å². The molecule has 0 saturated heterocycles. The van der Waals surface area contributed by atoms with E-state index in [-0.39, 0.29) is 0 Å². The maximum absolute atomic E-state index is 4.48. The number of nitrogens with zero attached hydrogens (tertiary/aromatic N) is 2. The molecule has 3 fully saturated rings. The Labute approximate surface area is 125 Å². The molecule has 3 aliphatic carbocycles. The molecule has 3 saturated carbocycles. The number of nitrogens with one attached hydrogen (secondary N) is 1. The standard InChI is InChI=1S/C18H21N3/c1-2-4-15(5-3-1)21-11-12(10-20-21)9-19-18-16-13-6-7-14(8-13)17(16)18/h1-5,10-11,13-14,16-19H,6-9H2. The highest BCUT2D eigenvalue weighted by molar-refractivity contribution is 5.31. The first-order valence-corrected chi connectivity index (χ1v) is 8.22. The fraction of sp³-hybridized carbons (Fsp3) is 0.500. The normalized spacial score (nSPS) is 35.9. The van der Waals surface area contributed by atoms with Crippen LogP contribution >= 0.6 is 0 Å². The molecular weight excluding hydrogens is 258 g/mol. The van der Waals surface area contributed by atoms with Crippen LogP contribution in [0, 0.1) is 23.7 Å². The van der Waals surface area contributed by atoms with Crippen molar-refractivity contribution in [3.8, 4) is 5.69 Å². The van der Waals surface area contributed by atoms with Gasteiger partial charge in [0.25, 0.3) is 0 Å². The number of aromatic nitrogens is 2. The van der Waals surface area contributed by atoms with Gasteiger partial charge in [0.15, 0.2) is 0 Å². The Bertz CT molecular complexity index is 631. The van der Waals surface area contributed by atoms with Crippen molar-refractivity contribution in [2.45, 2.75) is 31.8 Å². The average molecular weight is 279 g/mol. The fourth-order valence-corrected chi connectivity index (χ4v) is 5.01. The Morgan fingerprint density at radius 2 is 1.86 bits per heavy atom. The molecule has 1 aromatic carbocycles. The van der Waals surface area contributed by atoms with Crippen LogP contribution < -0.4 is 5.32 Å². The number of hydrogen-bond donors (Lipinski definition) is 1. The Morgan fingerprint density at radius 1 is 1.10 bits per heavy atom. The Hall–Kier alpha value is -1.61. The maximum atomic E-state index is 4.48. The van der Waals surface area contributed by atoms with Gasteiger partial charge >= 0.3 is 0 Å². The third kappa shape index (κ3) is 1.87. The largest absolute Gasteiger partial charge is 0.309 e. The minimum Gasteiger partial charge on any atom is -0.309 e. The van der Waals surface area contributed by atoms with Crippen molar-refractivity contribution < 1.29 is 0 Å². The Morgan fingerprint density at radius 3 is 2.62 bits per heavy atom. The first-order valence-electron chi connectivity index (χ1n) is 8.22. The van der Waals surface area contributed by atoms with Gasteiger partial charge in [-0.15, -0.1) is 0 Å². The smallest absolute Gasteiger partial charge is 0.0645 e. The van der Waals surface area contributed by atoms with E-state index in [0.717, 1.165) is 41.9 Å². The summed E-state index contributed by atoms with van der Waals surface area (Å²) < 4.78 is 1.97. The summed E-state index contributed by atoms with van der Waals surface area (Å²) in [4.78, 5) is 0. The first-order chi connectivity index (χ1) is 10.4. The summed E-state index contributed by atoms with van der Waals surface area (Å²) in [7, 11) is 0. The summed E-state index contributed by atoms with van der Waals surface area (Å²) in [6.07, 6.45) is 8.66. The van der Waals surface area contributed by atoms with Crippen LogP contribution in [0.3, 0.4) is 0 Å². The first kappa shape index (κ1) is 12.0. The highest BCUT2D eigenvalue weighted by Crippen LogP contribution is 2.65. The molecule has 4 atom stereocenters. The summed E-state index contributed by atoms with van der Waals surface area (Å²) in [6, 6.07) is 11.1. The third-order valence-corrected chi connectivity index (χ3v) is 5.93. The van der Waals surface area contributed by atoms with Gasteiger partial charge in [0, 0.05) is 24.3 Å². The topological polar surface area (TPSA) is 29.9 Å². The maximum Gasteiger partial charge on any atom is 0.0645 e. The van der Waals surface area contributed by atoms with Gasteiger partial charge in [-0.2, -0.15) is 5.10 Å². The van der Waals surface area contributed by atoms with Gasteiger partial charge in [0.05, 0.1) is 11.9 Å². The van der Waals surface area contributed by atoms with Crippen LogP contribution in [-0.2, 0) is 6.54 Å². The van der Waals surface area contributed by atoms with E-state index in [4.69, 9.17) is 0 Å². The highest BCUT2D eigenvalue weighted by atomic mass is 15.3. The van der Waals surface area contributed by atoms with Gasteiger partial charge in [-0.25, -0.2) is 4.68 Å². The van der Waals surface area contributed by atoms with E-state index >= 15 is 0 Å². The average Bonchev–Trinajstić information content (AvgIpc) is 2.95. The number of hydrogen-bond acceptors (Lipinski definition) is 2. The van der Waals surface area contributed by atoms with Crippen LogP contribution in [0.5, 0.6) is 0 Å². The SMILES string of the molecule is c1ccc(-n2cc(CNC3C4C5CCC(C5)C34)cn2)cc1. The van der Waals surface area contributed by atoms with Crippen LogP contribution in [0.2, 0.25) is 0 Å². The van der Waals surface area contributed by atoms with Crippen LogP contribution in [0.25, 0.3) is 5.69 Å². The number of para-hydroxylation sites is 1. The summed E-state index contributed by atoms with van der Waals surface area (Å²) in [5.41, 5.74) is 2.42. The lowest BCUT2D eigenvalue weighted by atomic mass is 10.0. The summed E-state index contributed by atoms with van der Waals surface area (Å²) in [5, 5.41) is 8.26. The number of rotatable bonds is 4.